The first-order chi connectivity index (χ1) is 15.6. The number of carbonyl (C=O) groups is 1. The van der Waals surface area contributed by atoms with Crippen LogP contribution in [0, 0.1) is 0 Å². The lowest BCUT2D eigenvalue weighted by molar-refractivity contribution is -0.134. The van der Waals surface area contributed by atoms with Gasteiger partial charge in [-0.15, -0.1) is 0 Å². The van der Waals surface area contributed by atoms with Crippen LogP contribution < -0.4 is 9.47 Å². The molecule has 0 bridgehead atoms. The summed E-state index contributed by atoms with van der Waals surface area (Å²) in [5.74, 6) is 0.923. The van der Waals surface area contributed by atoms with Crippen molar-refractivity contribution in [1.29, 1.82) is 0 Å². The van der Waals surface area contributed by atoms with E-state index in [9.17, 15) is 15.0 Å². The van der Waals surface area contributed by atoms with Gasteiger partial charge in [0.05, 0.1) is 0 Å². The van der Waals surface area contributed by atoms with Gasteiger partial charge in [-0.05, 0) is 43.0 Å². The van der Waals surface area contributed by atoms with Crippen molar-refractivity contribution in [3.63, 3.8) is 0 Å². The number of hydrogen-bond donors (Lipinski definition) is 2. The highest BCUT2D eigenvalue weighted by Crippen LogP contribution is 2.40. The number of phenols is 2. The predicted octanol–water partition coefficient (Wildman–Crippen LogP) is 6.99. The fraction of sp³-hybridized carbons (Fsp3) is 0.519. The SMILES string of the molecule is CCCCCCCCCCCC(=O)Oc1ccc(C2CCc3ccc(O)cc3O2)c(O)c1. The lowest BCUT2D eigenvalue weighted by Gasteiger charge is -2.27. The number of phenolic OH excluding ortho intramolecular Hbond substituents is 2. The Hall–Kier alpha value is -2.69. The normalized spacial score (nSPS) is 15.1. The number of rotatable bonds is 12. The second kappa shape index (κ2) is 12.4. The van der Waals surface area contributed by atoms with Crippen molar-refractivity contribution in [1.82, 2.24) is 0 Å². The summed E-state index contributed by atoms with van der Waals surface area (Å²) in [7, 11) is 0. The van der Waals surface area contributed by atoms with Gasteiger partial charge in [-0.1, -0.05) is 64.4 Å². The summed E-state index contributed by atoms with van der Waals surface area (Å²) >= 11 is 0. The van der Waals surface area contributed by atoms with Crippen LogP contribution in [0.1, 0.15) is 94.8 Å². The molecule has 1 atom stereocenters. The van der Waals surface area contributed by atoms with Gasteiger partial charge in [0.15, 0.2) is 0 Å². The fourth-order valence-electron chi connectivity index (χ4n) is 4.20. The van der Waals surface area contributed by atoms with Gasteiger partial charge in [0.25, 0.3) is 0 Å². The molecule has 1 aliphatic rings. The van der Waals surface area contributed by atoms with Crippen molar-refractivity contribution < 1.29 is 24.5 Å². The molecule has 5 nitrogen and oxygen atoms in total. The molecule has 0 saturated carbocycles. The molecule has 0 aliphatic carbocycles. The Morgan fingerprint density at radius 3 is 2.41 bits per heavy atom. The molecule has 2 aromatic carbocycles. The van der Waals surface area contributed by atoms with Gasteiger partial charge < -0.3 is 19.7 Å². The molecule has 1 aliphatic heterocycles. The highest BCUT2D eigenvalue weighted by Gasteiger charge is 2.24. The Morgan fingerprint density at radius 2 is 1.69 bits per heavy atom. The number of hydrogen-bond acceptors (Lipinski definition) is 5. The molecule has 5 heteroatoms. The number of ether oxygens (including phenoxy) is 2. The number of aryl methyl sites for hydroxylation is 1. The van der Waals surface area contributed by atoms with E-state index in [2.05, 4.69) is 6.92 Å². The molecule has 1 unspecified atom stereocenters. The zero-order valence-electron chi connectivity index (χ0n) is 19.1. The second-order valence-corrected chi connectivity index (χ2v) is 8.71. The summed E-state index contributed by atoms with van der Waals surface area (Å²) in [6.45, 7) is 2.23. The van der Waals surface area contributed by atoms with Gasteiger partial charge in [0.2, 0.25) is 0 Å². The van der Waals surface area contributed by atoms with Crippen molar-refractivity contribution in [2.45, 2.75) is 90.1 Å². The van der Waals surface area contributed by atoms with Crippen LogP contribution >= 0.6 is 0 Å². The van der Waals surface area contributed by atoms with Crippen LogP contribution in [0.2, 0.25) is 0 Å². The van der Waals surface area contributed by atoms with Crippen LogP contribution in [-0.4, -0.2) is 16.2 Å². The van der Waals surface area contributed by atoms with Gasteiger partial charge in [0.1, 0.15) is 29.1 Å². The van der Waals surface area contributed by atoms with Crippen molar-refractivity contribution in [3.8, 4) is 23.0 Å². The van der Waals surface area contributed by atoms with E-state index in [0.29, 0.717) is 23.5 Å². The fourth-order valence-corrected chi connectivity index (χ4v) is 4.20. The van der Waals surface area contributed by atoms with E-state index in [1.165, 1.54) is 44.6 Å². The van der Waals surface area contributed by atoms with E-state index in [1.807, 2.05) is 6.07 Å². The number of carbonyl (C=O) groups excluding carboxylic acids is 1. The minimum Gasteiger partial charge on any atom is -0.508 e. The molecule has 174 valence electrons. The third-order valence-corrected chi connectivity index (χ3v) is 6.06. The van der Waals surface area contributed by atoms with E-state index in [4.69, 9.17) is 9.47 Å². The average Bonchev–Trinajstić information content (AvgIpc) is 2.77. The monoisotopic (exact) mass is 440 g/mol. The first-order valence-corrected chi connectivity index (χ1v) is 12.1. The van der Waals surface area contributed by atoms with Crippen LogP contribution in [0.15, 0.2) is 36.4 Å². The first-order valence-electron chi connectivity index (χ1n) is 12.1. The molecule has 1 heterocycles. The summed E-state index contributed by atoms with van der Waals surface area (Å²) in [4.78, 5) is 12.1. The second-order valence-electron chi connectivity index (χ2n) is 8.71. The molecule has 0 radical (unpaired) electrons. The first kappa shape index (κ1) is 24.0. The molecule has 0 fully saturated rings. The molecule has 0 spiro atoms. The summed E-state index contributed by atoms with van der Waals surface area (Å²) in [6, 6.07) is 10.0. The molecule has 0 amide bonds. The largest absolute Gasteiger partial charge is 0.508 e. The molecule has 2 N–H and O–H groups in total. The maximum absolute atomic E-state index is 12.1. The van der Waals surface area contributed by atoms with Crippen LogP contribution in [0.4, 0.5) is 0 Å². The van der Waals surface area contributed by atoms with Crippen LogP contribution in [0.25, 0.3) is 0 Å². The van der Waals surface area contributed by atoms with Crippen molar-refractivity contribution in [3.05, 3.63) is 47.5 Å². The lowest BCUT2D eigenvalue weighted by Crippen LogP contribution is -2.15. The lowest BCUT2D eigenvalue weighted by atomic mass is 9.96. The van der Waals surface area contributed by atoms with Gasteiger partial charge in [0, 0.05) is 24.1 Å². The Kier molecular flexibility index (Phi) is 9.27. The maximum atomic E-state index is 12.1. The van der Waals surface area contributed by atoms with E-state index < -0.39 is 0 Å². The van der Waals surface area contributed by atoms with Gasteiger partial charge in [-0.25, -0.2) is 0 Å². The van der Waals surface area contributed by atoms with E-state index >= 15 is 0 Å². The minimum absolute atomic E-state index is 0.0481. The van der Waals surface area contributed by atoms with Crippen molar-refractivity contribution >= 4 is 5.97 Å². The summed E-state index contributed by atoms with van der Waals surface area (Å²) in [5, 5.41) is 20.2. The third-order valence-electron chi connectivity index (χ3n) is 6.06. The van der Waals surface area contributed by atoms with Crippen LogP contribution in [-0.2, 0) is 11.2 Å². The number of unbranched alkanes of at least 4 members (excludes halogenated alkanes) is 8. The molecule has 0 aromatic heterocycles. The van der Waals surface area contributed by atoms with E-state index in [-0.39, 0.29) is 23.6 Å². The van der Waals surface area contributed by atoms with Gasteiger partial charge in [-0.2, -0.15) is 0 Å². The highest BCUT2D eigenvalue weighted by atomic mass is 16.5. The number of aromatic hydroxyl groups is 2. The van der Waals surface area contributed by atoms with Crippen molar-refractivity contribution in [2.75, 3.05) is 0 Å². The van der Waals surface area contributed by atoms with Crippen molar-refractivity contribution in [2.24, 2.45) is 0 Å². The predicted molar refractivity (Wildman–Crippen MR) is 125 cm³/mol. The quantitative estimate of drug-likeness (QED) is 0.211. The Balaban J connectivity index is 1.41. The van der Waals surface area contributed by atoms with Crippen LogP contribution in [0.5, 0.6) is 23.0 Å². The summed E-state index contributed by atoms with van der Waals surface area (Å²) < 4.78 is 11.4. The number of esters is 1. The standard InChI is InChI=1S/C27H36O5/c1-2-3-4-5-6-7-8-9-10-11-27(30)31-22-15-16-23(24(29)19-22)25-17-13-20-12-14-21(28)18-26(20)32-25/h12,14-16,18-19,25,28-29H,2-11,13,17H2,1H3. The minimum atomic E-state index is -0.309. The molecular formula is C27H36O5. The maximum Gasteiger partial charge on any atom is 0.311 e. The topological polar surface area (TPSA) is 76.0 Å². The highest BCUT2D eigenvalue weighted by molar-refractivity contribution is 5.72. The molecule has 32 heavy (non-hydrogen) atoms. The average molecular weight is 441 g/mol. The molecule has 3 rings (SSSR count). The zero-order valence-corrected chi connectivity index (χ0v) is 19.1. The Bertz CT molecular complexity index is 876. The summed E-state index contributed by atoms with van der Waals surface area (Å²) in [6.07, 6.45) is 12.4. The van der Waals surface area contributed by atoms with E-state index in [1.54, 1.807) is 24.3 Å². The van der Waals surface area contributed by atoms with Gasteiger partial charge >= 0.3 is 5.97 Å². The van der Waals surface area contributed by atoms with Gasteiger partial charge in [-0.3, -0.25) is 4.79 Å². The smallest absolute Gasteiger partial charge is 0.311 e. The number of fused-ring (bicyclic) bond motifs is 1. The molecular weight excluding hydrogens is 404 g/mol. The Morgan fingerprint density at radius 1 is 0.969 bits per heavy atom. The van der Waals surface area contributed by atoms with E-state index in [0.717, 1.165) is 37.7 Å². The number of benzene rings is 2. The Labute approximate surface area is 191 Å². The molecule has 2 aromatic rings. The summed E-state index contributed by atoms with van der Waals surface area (Å²) in [5.41, 5.74) is 1.69. The van der Waals surface area contributed by atoms with Crippen LogP contribution in [0.3, 0.4) is 0 Å². The zero-order chi connectivity index (χ0) is 22.8. The third kappa shape index (κ3) is 7.18. The molecule has 0 saturated heterocycles.